The molecular weight excluding hydrogens is 164 g/mol. The van der Waals surface area contributed by atoms with E-state index in [-0.39, 0.29) is 0 Å². The molecular formula is C7H6OS2. The molecule has 0 saturated carbocycles. The maximum absolute atomic E-state index is 11.1. The van der Waals surface area contributed by atoms with Gasteiger partial charge in [0, 0.05) is 10.4 Å². The van der Waals surface area contributed by atoms with Gasteiger partial charge in [0.05, 0.1) is 9.96 Å². The third-order valence-electron chi connectivity index (χ3n) is 1.46. The highest BCUT2D eigenvalue weighted by atomic mass is 32.2. The molecule has 0 spiro atoms. The van der Waals surface area contributed by atoms with Crippen molar-refractivity contribution in [2.45, 2.75) is 11.1 Å². The van der Waals surface area contributed by atoms with Gasteiger partial charge in [0.1, 0.15) is 0 Å². The molecule has 2 heterocycles. The Balaban J connectivity index is 2.59. The molecule has 0 fully saturated rings. The zero-order chi connectivity index (χ0) is 7.14. The predicted octanol–water partition coefficient (Wildman–Crippen LogP) is 2.34. The summed E-state index contributed by atoms with van der Waals surface area (Å²) in [6.45, 7) is 2.04. The fourth-order valence-electron chi connectivity index (χ4n) is 1.00. The van der Waals surface area contributed by atoms with Crippen LogP contribution in [0.3, 0.4) is 0 Å². The highest BCUT2D eigenvalue weighted by Crippen LogP contribution is 2.37. The number of hydrogen-bond donors (Lipinski definition) is 0. The molecule has 0 unspecified atom stereocenters. The Morgan fingerprint density at radius 1 is 1.60 bits per heavy atom. The first-order chi connectivity index (χ1) is 4.77. The Labute approximate surface area is 67.4 Å². The highest BCUT2D eigenvalue weighted by molar-refractivity contribution is 8.02. The number of Topliss-reactive ketones (excluding diaryl/α,β-unsaturated/α-hetero) is 1. The van der Waals surface area contributed by atoms with Crippen molar-refractivity contribution in [1.29, 1.82) is 0 Å². The van der Waals surface area contributed by atoms with Gasteiger partial charge >= 0.3 is 0 Å². The minimum atomic E-state index is 0.296. The summed E-state index contributed by atoms with van der Waals surface area (Å²) < 4.78 is 1.21. The summed E-state index contributed by atoms with van der Waals surface area (Å²) >= 11 is 3.39. The molecule has 0 aliphatic carbocycles. The van der Waals surface area contributed by atoms with E-state index in [1.165, 1.54) is 9.09 Å². The highest BCUT2D eigenvalue weighted by Gasteiger charge is 2.21. The van der Waals surface area contributed by atoms with Crippen LogP contribution in [0.15, 0.2) is 10.3 Å². The topological polar surface area (TPSA) is 17.1 Å². The van der Waals surface area contributed by atoms with Crippen LogP contribution in [-0.4, -0.2) is 11.5 Å². The van der Waals surface area contributed by atoms with Crippen LogP contribution in [0.25, 0.3) is 0 Å². The number of thiophene rings is 1. The molecule has 0 saturated heterocycles. The summed E-state index contributed by atoms with van der Waals surface area (Å²) in [5, 5.41) is 0. The van der Waals surface area contributed by atoms with Gasteiger partial charge in [-0.25, -0.2) is 0 Å². The van der Waals surface area contributed by atoms with E-state index in [1.807, 2.05) is 13.0 Å². The van der Waals surface area contributed by atoms with Crippen LogP contribution in [0, 0.1) is 6.92 Å². The molecule has 1 aromatic heterocycles. The minimum Gasteiger partial charge on any atom is -0.293 e. The van der Waals surface area contributed by atoms with E-state index in [0.717, 1.165) is 5.56 Å². The van der Waals surface area contributed by atoms with Gasteiger partial charge in [-0.2, -0.15) is 0 Å². The van der Waals surface area contributed by atoms with E-state index in [2.05, 4.69) is 0 Å². The van der Waals surface area contributed by atoms with Gasteiger partial charge in [0.15, 0.2) is 5.78 Å². The van der Waals surface area contributed by atoms with E-state index >= 15 is 0 Å². The lowest BCUT2D eigenvalue weighted by Crippen LogP contribution is -1.92. The molecule has 0 radical (unpaired) electrons. The van der Waals surface area contributed by atoms with Gasteiger partial charge in [-0.1, -0.05) is 0 Å². The van der Waals surface area contributed by atoms with Crippen molar-refractivity contribution < 1.29 is 4.79 Å². The first-order valence-corrected chi connectivity index (χ1v) is 4.84. The van der Waals surface area contributed by atoms with Crippen LogP contribution < -0.4 is 0 Å². The number of fused-ring (bicyclic) bond motifs is 1. The molecule has 1 aromatic rings. The number of rotatable bonds is 0. The lowest BCUT2D eigenvalue weighted by Gasteiger charge is -1.81. The van der Waals surface area contributed by atoms with Gasteiger partial charge in [0.25, 0.3) is 0 Å². The quantitative estimate of drug-likeness (QED) is 0.594. The molecule has 2 rings (SSSR count). The van der Waals surface area contributed by atoms with Crippen LogP contribution in [0.5, 0.6) is 0 Å². The van der Waals surface area contributed by atoms with Gasteiger partial charge in [-0.15, -0.1) is 23.1 Å². The van der Waals surface area contributed by atoms with Gasteiger partial charge in [-0.3, -0.25) is 4.79 Å². The zero-order valence-electron chi connectivity index (χ0n) is 5.51. The van der Waals surface area contributed by atoms with E-state index in [4.69, 9.17) is 0 Å². The van der Waals surface area contributed by atoms with Crippen molar-refractivity contribution in [2.24, 2.45) is 0 Å². The Hall–Kier alpha value is -0.280. The van der Waals surface area contributed by atoms with Crippen LogP contribution in [0.1, 0.15) is 15.2 Å². The molecule has 0 aromatic carbocycles. The number of carbonyl (C=O) groups excluding carboxylic acids is 1. The molecule has 0 atom stereocenters. The summed E-state index contributed by atoms with van der Waals surface area (Å²) in [7, 11) is 0. The second-order valence-electron chi connectivity index (χ2n) is 2.27. The number of hydrogen-bond acceptors (Lipinski definition) is 3. The average molecular weight is 170 g/mol. The summed E-state index contributed by atoms with van der Waals surface area (Å²) in [6, 6.07) is 1.99. The van der Waals surface area contributed by atoms with Crippen molar-refractivity contribution in [3.05, 3.63) is 16.5 Å². The fraction of sp³-hybridized carbons (Fsp3) is 0.286. The molecule has 10 heavy (non-hydrogen) atoms. The van der Waals surface area contributed by atoms with E-state index < -0.39 is 0 Å². The smallest absolute Gasteiger partial charge is 0.175 e. The predicted molar refractivity (Wildman–Crippen MR) is 44.1 cm³/mol. The first kappa shape index (κ1) is 6.43. The lowest BCUT2D eigenvalue weighted by atomic mass is 10.2. The second-order valence-corrected chi connectivity index (χ2v) is 4.77. The standard InChI is InChI=1S/C7H6OS2/c1-4-2-5-6(8)3-9-7(5)10-4/h2H,3H2,1H3. The number of carbonyl (C=O) groups is 1. The van der Waals surface area contributed by atoms with Crippen LogP contribution in [-0.2, 0) is 0 Å². The molecule has 1 nitrogen and oxygen atoms in total. The molecule has 52 valence electrons. The largest absolute Gasteiger partial charge is 0.293 e. The van der Waals surface area contributed by atoms with Gasteiger partial charge in [0.2, 0.25) is 0 Å². The monoisotopic (exact) mass is 170 g/mol. The lowest BCUT2D eigenvalue weighted by molar-refractivity contribution is 0.102. The normalized spacial score (nSPS) is 15.9. The van der Waals surface area contributed by atoms with Gasteiger partial charge in [-0.05, 0) is 13.0 Å². The molecule has 0 bridgehead atoms. The number of aryl methyl sites for hydroxylation is 1. The van der Waals surface area contributed by atoms with Crippen LogP contribution >= 0.6 is 23.1 Å². The SMILES string of the molecule is Cc1cc2c(s1)SCC2=O. The number of thioether (sulfide) groups is 1. The maximum Gasteiger partial charge on any atom is 0.175 e. The Kier molecular flexibility index (Phi) is 1.35. The van der Waals surface area contributed by atoms with Crippen molar-refractivity contribution in [2.75, 3.05) is 5.75 Å². The van der Waals surface area contributed by atoms with E-state index in [9.17, 15) is 4.79 Å². The van der Waals surface area contributed by atoms with Crippen molar-refractivity contribution >= 4 is 28.9 Å². The summed E-state index contributed by atoms with van der Waals surface area (Å²) in [5.74, 6) is 0.950. The second kappa shape index (κ2) is 2.10. The summed E-state index contributed by atoms with van der Waals surface area (Å²) in [4.78, 5) is 12.3. The zero-order valence-corrected chi connectivity index (χ0v) is 7.14. The van der Waals surface area contributed by atoms with Gasteiger partial charge < -0.3 is 0 Å². The Bertz CT molecular complexity index is 288. The molecule has 3 heteroatoms. The number of ketones is 1. The van der Waals surface area contributed by atoms with Crippen LogP contribution in [0.2, 0.25) is 0 Å². The van der Waals surface area contributed by atoms with Crippen LogP contribution in [0.4, 0.5) is 0 Å². The molecule has 0 N–H and O–H groups in total. The average Bonchev–Trinajstić information content (AvgIpc) is 2.35. The van der Waals surface area contributed by atoms with Crippen molar-refractivity contribution in [3.8, 4) is 0 Å². The Morgan fingerprint density at radius 3 is 3.10 bits per heavy atom. The van der Waals surface area contributed by atoms with E-state index in [1.54, 1.807) is 23.1 Å². The molecule has 1 aliphatic heterocycles. The van der Waals surface area contributed by atoms with E-state index in [0.29, 0.717) is 11.5 Å². The third kappa shape index (κ3) is 0.812. The molecule has 0 amide bonds. The minimum absolute atomic E-state index is 0.296. The summed E-state index contributed by atoms with van der Waals surface area (Å²) in [5.41, 5.74) is 0.951. The maximum atomic E-state index is 11.1. The van der Waals surface area contributed by atoms with Crippen molar-refractivity contribution in [1.82, 2.24) is 0 Å². The van der Waals surface area contributed by atoms with Crippen molar-refractivity contribution in [3.63, 3.8) is 0 Å². The molecule has 1 aliphatic rings. The first-order valence-electron chi connectivity index (χ1n) is 3.04. The Morgan fingerprint density at radius 2 is 2.40 bits per heavy atom. The fourth-order valence-corrected chi connectivity index (χ4v) is 3.31. The summed E-state index contributed by atoms with van der Waals surface area (Å²) in [6.07, 6.45) is 0. The third-order valence-corrected chi connectivity index (χ3v) is 3.79.